The third-order valence-corrected chi connectivity index (χ3v) is 10.6. The number of fused-ring (bicyclic) bond motifs is 3. The number of nitrogens with one attached hydrogen (secondary N) is 1. The number of aromatic amines is 1. The first kappa shape index (κ1) is 26.6. The highest BCUT2D eigenvalue weighted by Gasteiger charge is 2.46. The van der Waals surface area contributed by atoms with Gasteiger partial charge < -0.3 is 15.6 Å². The van der Waals surface area contributed by atoms with Crippen molar-refractivity contribution in [3.8, 4) is 21.8 Å². The molecule has 1 amide bonds. The van der Waals surface area contributed by atoms with Crippen molar-refractivity contribution >= 4 is 38.5 Å². The lowest BCUT2D eigenvalue weighted by Crippen LogP contribution is -2.46. The normalized spacial score (nSPS) is 20.5. The number of nitrogen functional groups attached to an aromatic ring is 1. The standard InChI is InChI=1S/C27H28N10O3S2/c1-13-14(2)41-26(33-13)20-7-4-15(10-29-20)19-11-32-37-23(28)22(42(3,39)40)21(34-25(19)37)16-8-17-5-6-18(9-16)36(17)27(38)24-30-12-31-35-24/h4,7,10-12,16-18H,5-6,8-9,28H2,1-3H3,(H,30,31,35). The van der Waals surface area contributed by atoms with Crippen LogP contribution in [0.15, 0.2) is 35.7 Å². The van der Waals surface area contributed by atoms with Gasteiger partial charge in [-0.2, -0.15) is 9.61 Å². The van der Waals surface area contributed by atoms with E-state index in [9.17, 15) is 13.2 Å². The lowest BCUT2D eigenvalue weighted by atomic mass is 9.87. The van der Waals surface area contributed by atoms with Crippen molar-refractivity contribution in [3.63, 3.8) is 0 Å². The minimum atomic E-state index is -3.75. The van der Waals surface area contributed by atoms with Gasteiger partial charge in [0.1, 0.15) is 22.0 Å². The van der Waals surface area contributed by atoms with Crippen LogP contribution in [0, 0.1) is 13.8 Å². The summed E-state index contributed by atoms with van der Waals surface area (Å²) in [5.74, 6) is -0.177. The van der Waals surface area contributed by atoms with E-state index in [2.05, 4.69) is 30.2 Å². The maximum absolute atomic E-state index is 13.2. The largest absolute Gasteiger partial charge is 0.382 e. The molecule has 5 aromatic rings. The third-order valence-electron chi connectivity index (χ3n) is 8.33. The van der Waals surface area contributed by atoms with Gasteiger partial charge in [-0.05, 0) is 45.6 Å². The zero-order valence-electron chi connectivity index (χ0n) is 23.1. The van der Waals surface area contributed by atoms with Gasteiger partial charge in [-0.25, -0.2) is 18.4 Å². The molecule has 42 heavy (non-hydrogen) atoms. The molecule has 2 fully saturated rings. The number of aromatic nitrogens is 8. The smallest absolute Gasteiger partial charge is 0.292 e. The average Bonchev–Trinajstić information content (AvgIpc) is 3.75. The highest BCUT2D eigenvalue weighted by atomic mass is 32.2. The number of nitrogens with two attached hydrogens (primary N) is 1. The fourth-order valence-electron chi connectivity index (χ4n) is 6.30. The second-order valence-corrected chi connectivity index (χ2v) is 14.1. The number of anilines is 1. The number of hydrogen-bond donors (Lipinski definition) is 2. The molecule has 2 saturated heterocycles. The Labute approximate surface area is 245 Å². The molecule has 2 aliphatic heterocycles. The van der Waals surface area contributed by atoms with Crippen LogP contribution in [0.2, 0.25) is 0 Å². The maximum atomic E-state index is 13.2. The van der Waals surface area contributed by atoms with Gasteiger partial charge in [0.25, 0.3) is 5.91 Å². The molecule has 0 spiro atoms. The summed E-state index contributed by atoms with van der Waals surface area (Å²) in [7, 11) is -3.75. The fourth-order valence-corrected chi connectivity index (χ4v) is 8.25. The first-order valence-corrected chi connectivity index (χ1v) is 16.3. The molecular formula is C27H28N10O3S2. The quantitative estimate of drug-likeness (QED) is 0.303. The van der Waals surface area contributed by atoms with Gasteiger partial charge in [0.15, 0.2) is 15.5 Å². The molecule has 7 rings (SSSR count). The van der Waals surface area contributed by atoms with Gasteiger partial charge in [-0.3, -0.25) is 9.78 Å². The van der Waals surface area contributed by atoms with Crippen LogP contribution in [0.4, 0.5) is 5.82 Å². The van der Waals surface area contributed by atoms with Crippen LogP contribution in [0.1, 0.15) is 58.5 Å². The van der Waals surface area contributed by atoms with E-state index in [0.29, 0.717) is 29.7 Å². The number of rotatable bonds is 5. The van der Waals surface area contributed by atoms with Gasteiger partial charge in [0, 0.05) is 46.5 Å². The van der Waals surface area contributed by atoms with Crippen LogP contribution in [-0.2, 0) is 9.84 Å². The summed E-state index contributed by atoms with van der Waals surface area (Å²) < 4.78 is 27.5. The number of hydrogen-bond acceptors (Lipinski definition) is 11. The lowest BCUT2D eigenvalue weighted by molar-refractivity contribution is 0.0556. The van der Waals surface area contributed by atoms with Crippen LogP contribution in [0.5, 0.6) is 0 Å². The van der Waals surface area contributed by atoms with Crippen LogP contribution >= 0.6 is 11.3 Å². The summed E-state index contributed by atoms with van der Waals surface area (Å²) in [5, 5.41) is 12.9. The zero-order chi connectivity index (χ0) is 29.3. The van der Waals surface area contributed by atoms with Crippen molar-refractivity contribution in [2.75, 3.05) is 12.0 Å². The van der Waals surface area contributed by atoms with Crippen LogP contribution in [-0.4, -0.2) is 77.3 Å². The van der Waals surface area contributed by atoms with Crippen LogP contribution in [0.25, 0.3) is 27.5 Å². The number of nitrogens with zero attached hydrogens (tertiary/aromatic N) is 8. The predicted octanol–water partition coefficient (Wildman–Crippen LogP) is 3.19. The third kappa shape index (κ3) is 4.26. The summed E-state index contributed by atoms with van der Waals surface area (Å²) in [6, 6.07) is 3.70. The Hall–Kier alpha value is -4.24. The Kier molecular flexibility index (Phi) is 6.13. The monoisotopic (exact) mass is 604 g/mol. The number of H-pyrrole nitrogens is 1. The van der Waals surface area contributed by atoms with Gasteiger partial charge in [-0.15, -0.1) is 21.5 Å². The molecule has 2 bridgehead atoms. The van der Waals surface area contributed by atoms with Gasteiger partial charge in [-0.1, -0.05) is 6.07 Å². The summed E-state index contributed by atoms with van der Waals surface area (Å²) in [6.07, 6.45) is 8.67. The second-order valence-electron chi connectivity index (χ2n) is 11.0. The summed E-state index contributed by atoms with van der Waals surface area (Å²) in [6.45, 7) is 4.01. The van der Waals surface area contributed by atoms with E-state index in [-0.39, 0.29) is 40.4 Å². The van der Waals surface area contributed by atoms with Crippen molar-refractivity contribution in [3.05, 3.63) is 52.9 Å². The van der Waals surface area contributed by atoms with Crippen LogP contribution in [0.3, 0.4) is 0 Å². The van der Waals surface area contributed by atoms with Crippen molar-refractivity contribution in [2.24, 2.45) is 0 Å². The molecule has 15 heteroatoms. The maximum Gasteiger partial charge on any atom is 0.292 e. The second kappa shape index (κ2) is 9.66. The van der Waals surface area contributed by atoms with Gasteiger partial charge in [0.05, 0.1) is 23.3 Å². The fraction of sp³-hybridized carbons (Fsp3) is 0.370. The van der Waals surface area contributed by atoms with E-state index in [0.717, 1.165) is 45.9 Å². The number of piperidine rings is 1. The van der Waals surface area contributed by atoms with E-state index in [4.69, 9.17) is 10.7 Å². The SMILES string of the molecule is Cc1nc(-c2ccc(-c3cnn4c(N)c(S(C)(=O)=O)c(C5CC6CCC(C5)N6C(=O)c5nnc[nH]5)nc34)cn2)sc1C. The lowest BCUT2D eigenvalue weighted by Gasteiger charge is -2.38. The Bertz CT molecular complexity index is 1910. The highest BCUT2D eigenvalue weighted by molar-refractivity contribution is 7.91. The van der Waals surface area contributed by atoms with Crippen molar-refractivity contribution < 1.29 is 13.2 Å². The average molecular weight is 605 g/mol. The molecule has 3 N–H and O–H groups in total. The Balaban J connectivity index is 1.28. The molecule has 2 aliphatic rings. The molecule has 7 heterocycles. The molecule has 216 valence electrons. The van der Waals surface area contributed by atoms with Gasteiger partial charge >= 0.3 is 0 Å². The van der Waals surface area contributed by atoms with Crippen LogP contribution < -0.4 is 5.73 Å². The Morgan fingerprint density at radius 3 is 2.48 bits per heavy atom. The van der Waals surface area contributed by atoms with Crippen molar-refractivity contribution in [2.45, 2.75) is 62.4 Å². The molecule has 13 nitrogen and oxygen atoms in total. The number of amides is 1. The predicted molar refractivity (Wildman–Crippen MR) is 156 cm³/mol. The summed E-state index contributed by atoms with van der Waals surface area (Å²) in [5.41, 5.74) is 10.6. The van der Waals surface area contributed by atoms with Crippen molar-refractivity contribution in [1.29, 1.82) is 0 Å². The number of carbonyl (C=O) groups is 1. The first-order chi connectivity index (χ1) is 20.1. The molecule has 0 aliphatic carbocycles. The molecular weight excluding hydrogens is 576 g/mol. The summed E-state index contributed by atoms with van der Waals surface area (Å²) in [4.78, 5) is 33.1. The number of aryl methyl sites for hydroxylation is 2. The van der Waals surface area contributed by atoms with E-state index < -0.39 is 9.84 Å². The minimum absolute atomic E-state index is 0.00737. The minimum Gasteiger partial charge on any atom is -0.382 e. The highest BCUT2D eigenvalue weighted by Crippen LogP contribution is 2.45. The number of carbonyl (C=O) groups excluding carboxylic acids is 1. The van der Waals surface area contributed by atoms with E-state index in [1.165, 1.54) is 10.8 Å². The summed E-state index contributed by atoms with van der Waals surface area (Å²) >= 11 is 1.59. The van der Waals surface area contributed by atoms with E-state index in [1.807, 2.05) is 30.9 Å². The number of sulfone groups is 1. The first-order valence-electron chi connectivity index (χ1n) is 13.6. The molecule has 2 atom stereocenters. The molecule has 0 saturated carbocycles. The van der Waals surface area contributed by atoms with Gasteiger partial charge in [0.2, 0.25) is 5.82 Å². The Morgan fingerprint density at radius 1 is 1.12 bits per heavy atom. The Morgan fingerprint density at radius 2 is 1.88 bits per heavy atom. The van der Waals surface area contributed by atoms with Crippen molar-refractivity contribution in [1.82, 2.24) is 44.6 Å². The topological polar surface area (TPSA) is 178 Å². The zero-order valence-corrected chi connectivity index (χ0v) is 24.8. The van der Waals surface area contributed by atoms with E-state index >= 15 is 0 Å². The molecule has 5 aromatic heterocycles. The molecule has 0 aromatic carbocycles. The molecule has 0 radical (unpaired) electrons. The number of pyridine rings is 1. The van der Waals surface area contributed by atoms with E-state index in [1.54, 1.807) is 23.7 Å². The number of thiazole rings is 1. The molecule has 2 unspecified atom stereocenters.